The molecule has 0 heterocycles. The third kappa shape index (κ3) is 2.42. The zero-order valence-corrected chi connectivity index (χ0v) is 10.1. The molecule has 1 amide bonds. The van der Waals surface area contributed by atoms with Crippen molar-refractivity contribution in [2.45, 2.75) is 20.0 Å². The predicted molar refractivity (Wildman–Crippen MR) is 67.7 cm³/mol. The minimum atomic E-state index is -0.802. The smallest absolute Gasteiger partial charge is 0.404 e. The molecule has 0 aliphatic rings. The summed E-state index contributed by atoms with van der Waals surface area (Å²) in [6, 6.07) is 8.70. The first-order valence-corrected chi connectivity index (χ1v) is 5.74. The number of hydrogen-bond donors (Lipinski definition) is 1. The number of benzene rings is 2. The Hall–Kier alpha value is -2.10. The zero-order chi connectivity index (χ0) is 13.1. The molecule has 0 aliphatic carbocycles. The summed E-state index contributed by atoms with van der Waals surface area (Å²) in [4.78, 5) is 10.5. The Bertz CT molecular complexity index is 596. The van der Waals surface area contributed by atoms with Crippen LogP contribution in [0.3, 0.4) is 0 Å². The van der Waals surface area contributed by atoms with E-state index < -0.39 is 6.09 Å². The predicted octanol–water partition coefficient (Wildman–Crippen LogP) is 3.14. The van der Waals surface area contributed by atoms with E-state index in [9.17, 15) is 9.18 Å². The summed E-state index contributed by atoms with van der Waals surface area (Å²) in [5.74, 6) is -0.189. The Kier molecular flexibility index (Phi) is 3.46. The standard InChI is InChI=1S/C14H14FNO2/c1-2-11-12-5-3-9(8-18-14(16)17)7-10(12)4-6-13(11)15/h3-7H,2,8H2,1H3,(H2,16,17). The lowest BCUT2D eigenvalue weighted by atomic mass is 10.0. The highest BCUT2D eigenvalue weighted by Gasteiger charge is 2.06. The molecule has 2 aromatic carbocycles. The molecule has 2 aromatic rings. The summed E-state index contributed by atoms with van der Waals surface area (Å²) in [7, 11) is 0. The van der Waals surface area contributed by atoms with Crippen LogP contribution in [0.2, 0.25) is 0 Å². The van der Waals surface area contributed by atoms with Gasteiger partial charge in [-0.2, -0.15) is 0 Å². The molecule has 18 heavy (non-hydrogen) atoms. The summed E-state index contributed by atoms with van der Waals surface area (Å²) >= 11 is 0. The first kappa shape index (κ1) is 12.4. The van der Waals surface area contributed by atoms with E-state index in [-0.39, 0.29) is 12.4 Å². The van der Waals surface area contributed by atoms with E-state index in [0.717, 1.165) is 16.3 Å². The summed E-state index contributed by atoms with van der Waals surface area (Å²) in [5, 5.41) is 1.82. The average molecular weight is 247 g/mol. The Morgan fingerprint density at radius 2 is 2.11 bits per heavy atom. The van der Waals surface area contributed by atoms with Crippen LogP contribution in [0, 0.1) is 5.82 Å². The van der Waals surface area contributed by atoms with Gasteiger partial charge in [0.05, 0.1) is 0 Å². The molecular formula is C14H14FNO2. The highest BCUT2D eigenvalue weighted by Crippen LogP contribution is 2.23. The molecule has 94 valence electrons. The molecule has 0 fully saturated rings. The largest absolute Gasteiger partial charge is 0.445 e. The van der Waals surface area contributed by atoms with E-state index in [1.165, 1.54) is 6.07 Å². The van der Waals surface area contributed by atoms with Crippen LogP contribution in [0.15, 0.2) is 30.3 Å². The number of carbonyl (C=O) groups excluding carboxylic acids is 1. The number of halogens is 1. The van der Waals surface area contributed by atoms with Crippen molar-refractivity contribution in [1.82, 2.24) is 0 Å². The van der Waals surface area contributed by atoms with Gasteiger partial charge in [-0.05, 0) is 40.5 Å². The highest BCUT2D eigenvalue weighted by molar-refractivity contribution is 5.86. The van der Waals surface area contributed by atoms with Crippen LogP contribution in [0.25, 0.3) is 10.8 Å². The lowest BCUT2D eigenvalue weighted by molar-refractivity contribution is 0.150. The fourth-order valence-corrected chi connectivity index (χ4v) is 2.02. The van der Waals surface area contributed by atoms with Gasteiger partial charge in [-0.25, -0.2) is 9.18 Å². The fraction of sp³-hybridized carbons (Fsp3) is 0.214. The Balaban J connectivity index is 2.40. The van der Waals surface area contributed by atoms with Gasteiger partial charge in [0.2, 0.25) is 0 Å². The van der Waals surface area contributed by atoms with E-state index in [1.807, 2.05) is 25.1 Å². The number of primary amides is 1. The molecule has 0 bridgehead atoms. The number of nitrogens with two attached hydrogens (primary N) is 1. The zero-order valence-electron chi connectivity index (χ0n) is 10.1. The first-order chi connectivity index (χ1) is 8.61. The lowest BCUT2D eigenvalue weighted by Gasteiger charge is -2.08. The maximum absolute atomic E-state index is 13.6. The fourth-order valence-electron chi connectivity index (χ4n) is 2.02. The van der Waals surface area contributed by atoms with Gasteiger partial charge in [0, 0.05) is 0 Å². The third-order valence-electron chi connectivity index (χ3n) is 2.87. The molecule has 0 aliphatic heterocycles. The van der Waals surface area contributed by atoms with Crippen molar-refractivity contribution >= 4 is 16.9 Å². The second-order valence-electron chi connectivity index (χ2n) is 4.04. The molecule has 0 radical (unpaired) electrons. The number of hydrogen-bond acceptors (Lipinski definition) is 2. The topological polar surface area (TPSA) is 52.3 Å². The van der Waals surface area contributed by atoms with E-state index >= 15 is 0 Å². The third-order valence-corrected chi connectivity index (χ3v) is 2.87. The minimum absolute atomic E-state index is 0.129. The van der Waals surface area contributed by atoms with Crippen LogP contribution in [0.5, 0.6) is 0 Å². The maximum atomic E-state index is 13.6. The second-order valence-corrected chi connectivity index (χ2v) is 4.04. The maximum Gasteiger partial charge on any atom is 0.404 e. The number of amides is 1. The van der Waals surface area contributed by atoms with E-state index in [1.54, 1.807) is 6.07 Å². The Labute approximate surface area is 104 Å². The van der Waals surface area contributed by atoms with Crippen molar-refractivity contribution in [2.75, 3.05) is 0 Å². The van der Waals surface area contributed by atoms with Gasteiger partial charge in [-0.1, -0.05) is 25.1 Å². The Morgan fingerprint density at radius 3 is 2.78 bits per heavy atom. The van der Waals surface area contributed by atoms with Crippen LogP contribution in [-0.4, -0.2) is 6.09 Å². The summed E-state index contributed by atoms with van der Waals surface area (Å²) in [5.41, 5.74) is 6.44. The molecule has 2 rings (SSSR count). The number of rotatable bonds is 3. The van der Waals surface area contributed by atoms with Gasteiger partial charge < -0.3 is 10.5 Å². The molecule has 3 nitrogen and oxygen atoms in total. The highest BCUT2D eigenvalue weighted by atomic mass is 19.1. The molecule has 0 unspecified atom stereocenters. The van der Waals surface area contributed by atoms with Crippen LogP contribution in [0.4, 0.5) is 9.18 Å². The number of fused-ring (bicyclic) bond motifs is 1. The second kappa shape index (κ2) is 5.04. The van der Waals surface area contributed by atoms with E-state index in [0.29, 0.717) is 12.0 Å². The molecule has 0 saturated heterocycles. The normalized spacial score (nSPS) is 10.6. The molecule has 0 atom stereocenters. The summed E-state index contributed by atoms with van der Waals surface area (Å²) in [6.07, 6.45) is -0.163. The van der Waals surface area contributed by atoms with E-state index in [4.69, 9.17) is 10.5 Å². The summed E-state index contributed by atoms with van der Waals surface area (Å²) < 4.78 is 18.3. The first-order valence-electron chi connectivity index (χ1n) is 5.74. The molecule has 4 heteroatoms. The Morgan fingerprint density at radius 1 is 1.33 bits per heavy atom. The molecule has 0 aromatic heterocycles. The van der Waals surface area contributed by atoms with Crippen LogP contribution in [0.1, 0.15) is 18.1 Å². The van der Waals surface area contributed by atoms with E-state index in [2.05, 4.69) is 0 Å². The monoisotopic (exact) mass is 247 g/mol. The SMILES string of the molecule is CCc1c(F)ccc2cc(COC(N)=O)ccc12. The van der Waals surface area contributed by atoms with Crippen LogP contribution in [-0.2, 0) is 17.8 Å². The van der Waals surface area contributed by atoms with Gasteiger partial charge in [-0.3, -0.25) is 0 Å². The lowest BCUT2D eigenvalue weighted by Crippen LogP contribution is -2.12. The molecular weight excluding hydrogens is 233 g/mol. The van der Waals surface area contributed by atoms with Gasteiger partial charge in [0.15, 0.2) is 0 Å². The van der Waals surface area contributed by atoms with Crippen molar-refractivity contribution in [1.29, 1.82) is 0 Å². The van der Waals surface area contributed by atoms with Crippen molar-refractivity contribution in [3.05, 3.63) is 47.3 Å². The number of ether oxygens (including phenoxy) is 1. The van der Waals surface area contributed by atoms with Crippen molar-refractivity contribution in [3.63, 3.8) is 0 Å². The number of aryl methyl sites for hydroxylation is 1. The van der Waals surface area contributed by atoms with Gasteiger partial charge in [0.1, 0.15) is 12.4 Å². The molecule has 2 N–H and O–H groups in total. The van der Waals surface area contributed by atoms with Gasteiger partial charge in [-0.15, -0.1) is 0 Å². The van der Waals surface area contributed by atoms with Gasteiger partial charge >= 0.3 is 6.09 Å². The molecule has 0 saturated carbocycles. The summed E-state index contributed by atoms with van der Waals surface area (Å²) in [6.45, 7) is 2.05. The van der Waals surface area contributed by atoms with Crippen molar-refractivity contribution in [2.24, 2.45) is 5.73 Å². The molecule has 0 spiro atoms. The quantitative estimate of drug-likeness (QED) is 0.905. The van der Waals surface area contributed by atoms with Gasteiger partial charge in [0.25, 0.3) is 0 Å². The number of carbonyl (C=O) groups is 1. The van der Waals surface area contributed by atoms with Crippen molar-refractivity contribution in [3.8, 4) is 0 Å². The minimum Gasteiger partial charge on any atom is -0.445 e. The van der Waals surface area contributed by atoms with Crippen molar-refractivity contribution < 1.29 is 13.9 Å². The van der Waals surface area contributed by atoms with Crippen LogP contribution < -0.4 is 5.73 Å². The van der Waals surface area contributed by atoms with Crippen LogP contribution >= 0.6 is 0 Å². The average Bonchev–Trinajstić information content (AvgIpc) is 2.36.